The van der Waals surface area contributed by atoms with Crippen LogP contribution < -0.4 is 11.1 Å². The van der Waals surface area contributed by atoms with Crippen LogP contribution >= 0.6 is 0 Å². The molecular weight excluding hydrogens is 212 g/mol. The highest BCUT2D eigenvalue weighted by molar-refractivity contribution is 5.82. The molecule has 0 fully saturated rings. The topological polar surface area (TPSA) is 55.1 Å². The Labute approximate surface area is 103 Å². The maximum absolute atomic E-state index is 11.9. The van der Waals surface area contributed by atoms with Crippen LogP contribution in [0.3, 0.4) is 0 Å². The van der Waals surface area contributed by atoms with Gasteiger partial charge in [0.2, 0.25) is 5.91 Å². The van der Waals surface area contributed by atoms with Crippen molar-refractivity contribution >= 4 is 5.91 Å². The normalized spacial score (nSPS) is 13.2. The summed E-state index contributed by atoms with van der Waals surface area (Å²) >= 11 is 0. The van der Waals surface area contributed by atoms with E-state index in [1.54, 1.807) is 0 Å². The first-order valence-electron chi connectivity index (χ1n) is 6.04. The van der Waals surface area contributed by atoms with Crippen LogP contribution in [0.4, 0.5) is 0 Å². The average molecular weight is 234 g/mol. The van der Waals surface area contributed by atoms with E-state index in [0.717, 1.165) is 12.0 Å². The van der Waals surface area contributed by atoms with Crippen LogP contribution in [0, 0.1) is 5.41 Å². The molecule has 3 N–H and O–H groups in total. The number of nitrogens with one attached hydrogen (secondary N) is 1. The number of carbonyl (C=O) groups excluding carboxylic acids is 1. The van der Waals surface area contributed by atoms with Gasteiger partial charge in [0, 0.05) is 6.54 Å². The molecule has 17 heavy (non-hydrogen) atoms. The molecule has 0 aliphatic carbocycles. The molecule has 0 saturated heterocycles. The van der Waals surface area contributed by atoms with Gasteiger partial charge in [0.25, 0.3) is 0 Å². The van der Waals surface area contributed by atoms with E-state index in [1.165, 1.54) is 0 Å². The molecule has 3 nitrogen and oxygen atoms in total. The molecular formula is C14H22N2O. The van der Waals surface area contributed by atoms with Crippen molar-refractivity contribution in [1.29, 1.82) is 0 Å². The lowest BCUT2D eigenvalue weighted by Gasteiger charge is -2.24. The SMILES string of the molecule is CCC(C)(C)CNC(=O)[C@@H](N)c1ccccc1. The van der Waals surface area contributed by atoms with E-state index >= 15 is 0 Å². The summed E-state index contributed by atoms with van der Waals surface area (Å²) in [5, 5.41) is 2.91. The molecule has 1 rings (SSSR count). The second-order valence-corrected chi connectivity index (χ2v) is 5.12. The van der Waals surface area contributed by atoms with E-state index in [1.807, 2.05) is 30.3 Å². The van der Waals surface area contributed by atoms with Crippen LogP contribution in [0.2, 0.25) is 0 Å². The first-order chi connectivity index (χ1) is 7.96. The monoisotopic (exact) mass is 234 g/mol. The third-order valence-corrected chi connectivity index (χ3v) is 3.14. The van der Waals surface area contributed by atoms with Crippen LogP contribution in [0.5, 0.6) is 0 Å². The number of hydrogen-bond acceptors (Lipinski definition) is 2. The number of nitrogens with two attached hydrogens (primary N) is 1. The molecule has 3 heteroatoms. The fourth-order valence-electron chi connectivity index (χ4n) is 1.37. The van der Waals surface area contributed by atoms with E-state index < -0.39 is 6.04 Å². The fourth-order valence-corrected chi connectivity index (χ4v) is 1.37. The van der Waals surface area contributed by atoms with Gasteiger partial charge in [-0.3, -0.25) is 4.79 Å². The van der Waals surface area contributed by atoms with Gasteiger partial charge < -0.3 is 11.1 Å². The van der Waals surface area contributed by atoms with Gasteiger partial charge in [-0.15, -0.1) is 0 Å². The van der Waals surface area contributed by atoms with E-state index in [2.05, 4.69) is 26.1 Å². The van der Waals surface area contributed by atoms with Crippen molar-refractivity contribution in [3.8, 4) is 0 Å². The molecule has 0 heterocycles. The minimum absolute atomic E-state index is 0.113. The van der Waals surface area contributed by atoms with Crippen molar-refractivity contribution in [1.82, 2.24) is 5.32 Å². The highest BCUT2D eigenvalue weighted by Crippen LogP contribution is 2.18. The van der Waals surface area contributed by atoms with Crippen LogP contribution in [-0.4, -0.2) is 12.5 Å². The van der Waals surface area contributed by atoms with E-state index in [-0.39, 0.29) is 11.3 Å². The Morgan fingerprint density at radius 2 is 1.94 bits per heavy atom. The number of rotatable bonds is 5. The summed E-state index contributed by atoms with van der Waals surface area (Å²) < 4.78 is 0. The Kier molecular flexibility index (Phi) is 4.70. The predicted molar refractivity (Wildman–Crippen MR) is 70.5 cm³/mol. The first kappa shape index (κ1) is 13.7. The van der Waals surface area contributed by atoms with Crippen molar-refractivity contribution < 1.29 is 4.79 Å². The molecule has 0 unspecified atom stereocenters. The van der Waals surface area contributed by atoms with Crippen molar-refractivity contribution in [2.24, 2.45) is 11.1 Å². The Bertz CT molecular complexity index is 360. The molecule has 0 spiro atoms. The van der Waals surface area contributed by atoms with Crippen LogP contribution in [-0.2, 0) is 4.79 Å². The fraction of sp³-hybridized carbons (Fsp3) is 0.500. The van der Waals surface area contributed by atoms with E-state index in [9.17, 15) is 4.79 Å². The quantitative estimate of drug-likeness (QED) is 0.821. The van der Waals surface area contributed by atoms with Crippen LogP contribution in [0.1, 0.15) is 38.8 Å². The second-order valence-electron chi connectivity index (χ2n) is 5.12. The molecule has 0 bridgehead atoms. The van der Waals surface area contributed by atoms with Crippen molar-refractivity contribution in [3.63, 3.8) is 0 Å². The van der Waals surface area contributed by atoms with Gasteiger partial charge >= 0.3 is 0 Å². The minimum atomic E-state index is -0.580. The molecule has 1 amide bonds. The van der Waals surface area contributed by atoms with Crippen LogP contribution in [0.15, 0.2) is 30.3 Å². The summed E-state index contributed by atoms with van der Waals surface area (Å²) in [5.74, 6) is -0.113. The average Bonchev–Trinajstić information content (AvgIpc) is 2.36. The molecule has 1 aromatic rings. The van der Waals surface area contributed by atoms with Gasteiger partial charge in [0.15, 0.2) is 0 Å². The van der Waals surface area contributed by atoms with Gasteiger partial charge in [-0.1, -0.05) is 51.1 Å². The van der Waals surface area contributed by atoms with Crippen molar-refractivity contribution in [2.45, 2.75) is 33.2 Å². The minimum Gasteiger partial charge on any atom is -0.354 e. The summed E-state index contributed by atoms with van der Waals surface area (Å²) in [6.45, 7) is 7.02. The summed E-state index contributed by atoms with van der Waals surface area (Å²) in [5.41, 5.74) is 6.86. The predicted octanol–water partition coefficient (Wildman–Crippen LogP) is 2.24. The van der Waals surface area contributed by atoms with Gasteiger partial charge in [-0.2, -0.15) is 0 Å². The Hall–Kier alpha value is -1.35. The lowest BCUT2D eigenvalue weighted by atomic mass is 9.90. The Morgan fingerprint density at radius 3 is 2.47 bits per heavy atom. The summed E-state index contributed by atoms with van der Waals surface area (Å²) in [6.07, 6.45) is 1.02. The molecule has 0 saturated carbocycles. The zero-order chi connectivity index (χ0) is 12.9. The maximum atomic E-state index is 11.9. The zero-order valence-corrected chi connectivity index (χ0v) is 10.9. The van der Waals surface area contributed by atoms with Crippen molar-refractivity contribution in [2.75, 3.05) is 6.54 Å². The molecule has 0 aliphatic rings. The van der Waals surface area contributed by atoms with Crippen molar-refractivity contribution in [3.05, 3.63) is 35.9 Å². The van der Waals surface area contributed by atoms with Gasteiger partial charge in [-0.05, 0) is 17.4 Å². The van der Waals surface area contributed by atoms with Crippen LogP contribution in [0.25, 0.3) is 0 Å². The number of amides is 1. The lowest BCUT2D eigenvalue weighted by Crippen LogP contribution is -2.39. The molecule has 1 atom stereocenters. The molecule has 0 aromatic heterocycles. The summed E-state index contributed by atoms with van der Waals surface area (Å²) in [4.78, 5) is 11.9. The third kappa shape index (κ3) is 4.19. The molecule has 0 radical (unpaired) electrons. The molecule has 1 aromatic carbocycles. The zero-order valence-electron chi connectivity index (χ0n) is 10.9. The highest BCUT2D eigenvalue weighted by atomic mass is 16.2. The highest BCUT2D eigenvalue weighted by Gasteiger charge is 2.20. The number of hydrogen-bond donors (Lipinski definition) is 2. The second kappa shape index (κ2) is 5.82. The standard InChI is InChI=1S/C14H22N2O/c1-4-14(2,3)10-16-13(17)12(15)11-8-6-5-7-9-11/h5-9,12H,4,10,15H2,1-3H3,(H,16,17)/t12-/m0/s1. The maximum Gasteiger partial charge on any atom is 0.241 e. The molecule has 0 aliphatic heterocycles. The first-order valence-corrected chi connectivity index (χ1v) is 6.04. The lowest BCUT2D eigenvalue weighted by molar-refractivity contribution is -0.122. The van der Waals surface area contributed by atoms with Gasteiger partial charge in [0.1, 0.15) is 6.04 Å². The number of benzene rings is 1. The van der Waals surface area contributed by atoms with E-state index in [0.29, 0.717) is 6.54 Å². The van der Waals surface area contributed by atoms with Gasteiger partial charge in [0.05, 0.1) is 0 Å². The summed E-state index contributed by atoms with van der Waals surface area (Å²) in [7, 11) is 0. The van der Waals surface area contributed by atoms with Gasteiger partial charge in [-0.25, -0.2) is 0 Å². The largest absolute Gasteiger partial charge is 0.354 e. The Balaban J connectivity index is 2.54. The van der Waals surface area contributed by atoms with E-state index in [4.69, 9.17) is 5.73 Å². The summed E-state index contributed by atoms with van der Waals surface area (Å²) in [6, 6.07) is 8.85. The number of carbonyl (C=O) groups is 1. The molecule has 94 valence electrons. The smallest absolute Gasteiger partial charge is 0.241 e. The Morgan fingerprint density at radius 1 is 1.35 bits per heavy atom. The third-order valence-electron chi connectivity index (χ3n) is 3.14.